The second kappa shape index (κ2) is 16.9. The number of hydrogen-bond donors (Lipinski definition) is 8. The van der Waals surface area contributed by atoms with Gasteiger partial charge < -0.3 is 47.4 Å². The van der Waals surface area contributed by atoms with Crippen LogP contribution < -0.4 is 32.3 Å². The van der Waals surface area contributed by atoms with Crippen molar-refractivity contribution >= 4 is 41.4 Å². The van der Waals surface area contributed by atoms with Crippen LogP contribution in [-0.4, -0.2) is 106 Å². The number of benzene rings is 1. The zero-order valence-corrected chi connectivity index (χ0v) is 25.8. The van der Waals surface area contributed by atoms with Crippen molar-refractivity contribution in [1.29, 1.82) is 0 Å². The van der Waals surface area contributed by atoms with Gasteiger partial charge in [0.1, 0.15) is 29.9 Å². The maximum atomic E-state index is 12.9. The lowest BCUT2D eigenvalue weighted by molar-refractivity contribution is -0.142. The van der Waals surface area contributed by atoms with E-state index in [0.29, 0.717) is 24.9 Å². The Morgan fingerprint density at radius 2 is 1.49 bits per heavy atom. The molecule has 1 aromatic rings. The molecule has 1 aliphatic rings. The highest BCUT2D eigenvalue weighted by atomic mass is 16.4. The second-order valence-electron chi connectivity index (χ2n) is 11.3. The standard InChI is InChI=1S/C29H43N7O9/c1-15(2)24(27(42)34-20(29(44)45)12-18-7-9-19(37)10-8-18)35-23(39)14-31-25(40)17(4)33-22(38)13-32-26(41)21-6-5-11-36(21)28(43)16(3)30/h7-10,15-17,20-21,24,37H,5-6,11-14,30H2,1-4H3,(H,31,40)(H,32,41)(H,33,38)(H,34,42)(H,35,39)(H,44,45)/t16-,17-,20-,21-,24-/m0/s1. The Hall–Kier alpha value is -4.73. The first-order chi connectivity index (χ1) is 21.1. The predicted molar refractivity (Wildman–Crippen MR) is 160 cm³/mol. The monoisotopic (exact) mass is 633 g/mol. The topological polar surface area (TPSA) is 249 Å². The molecule has 9 N–H and O–H groups in total. The maximum Gasteiger partial charge on any atom is 0.326 e. The third-order valence-corrected chi connectivity index (χ3v) is 7.10. The van der Waals surface area contributed by atoms with E-state index in [0.717, 1.165) is 0 Å². The molecule has 16 heteroatoms. The minimum absolute atomic E-state index is 0.00839. The fourth-order valence-electron chi connectivity index (χ4n) is 4.62. The zero-order valence-electron chi connectivity index (χ0n) is 25.8. The Bertz CT molecular complexity index is 1250. The SMILES string of the molecule is CC(C)[C@H](NC(=O)CNC(=O)[C@H](C)NC(=O)CNC(=O)[C@@H]1CCCN1C(=O)[C@H](C)N)C(=O)N[C@@H](Cc1ccc(O)cc1)C(=O)O. The Kier molecular flexibility index (Phi) is 13.7. The number of nitrogens with one attached hydrogen (secondary N) is 5. The van der Waals surface area contributed by atoms with Gasteiger partial charge in [0.25, 0.3) is 0 Å². The summed E-state index contributed by atoms with van der Waals surface area (Å²) in [6.07, 6.45) is 1.00. The van der Waals surface area contributed by atoms with E-state index in [4.69, 9.17) is 5.73 Å². The quantitative estimate of drug-likeness (QED) is 0.103. The van der Waals surface area contributed by atoms with Gasteiger partial charge >= 0.3 is 5.97 Å². The largest absolute Gasteiger partial charge is 0.508 e. The molecule has 0 bridgehead atoms. The number of aromatic hydroxyl groups is 1. The first-order valence-corrected chi connectivity index (χ1v) is 14.6. The van der Waals surface area contributed by atoms with Gasteiger partial charge in [0.2, 0.25) is 35.4 Å². The molecule has 1 heterocycles. The predicted octanol–water partition coefficient (Wildman–Crippen LogP) is -2.28. The van der Waals surface area contributed by atoms with Crippen LogP contribution in [0, 0.1) is 5.92 Å². The summed E-state index contributed by atoms with van der Waals surface area (Å²) in [5.41, 5.74) is 6.20. The number of aliphatic carboxylic acids is 1. The fourth-order valence-corrected chi connectivity index (χ4v) is 4.62. The van der Waals surface area contributed by atoms with E-state index >= 15 is 0 Å². The second-order valence-corrected chi connectivity index (χ2v) is 11.3. The number of phenolic OH excluding ortho intramolecular Hbond substituents is 1. The molecule has 5 atom stereocenters. The average Bonchev–Trinajstić information content (AvgIpc) is 3.47. The molecule has 248 valence electrons. The number of nitrogens with zero attached hydrogens (tertiary/aromatic N) is 1. The minimum Gasteiger partial charge on any atom is -0.508 e. The van der Waals surface area contributed by atoms with Crippen molar-refractivity contribution in [1.82, 2.24) is 31.5 Å². The molecule has 2 rings (SSSR count). The molecule has 1 fully saturated rings. The van der Waals surface area contributed by atoms with Crippen LogP contribution in [0.25, 0.3) is 0 Å². The lowest BCUT2D eigenvalue weighted by Gasteiger charge is -2.25. The molecule has 0 saturated carbocycles. The van der Waals surface area contributed by atoms with Gasteiger partial charge in [-0.1, -0.05) is 26.0 Å². The number of likely N-dealkylation sites (tertiary alicyclic amines) is 1. The molecule has 0 spiro atoms. The number of nitrogens with two attached hydrogens (primary N) is 1. The van der Waals surface area contributed by atoms with E-state index in [1.165, 1.54) is 43.0 Å². The number of hydrogen-bond acceptors (Lipinski definition) is 9. The average molecular weight is 634 g/mol. The fraction of sp³-hybridized carbons (Fsp3) is 0.552. The van der Waals surface area contributed by atoms with Crippen LogP contribution >= 0.6 is 0 Å². The molecule has 0 unspecified atom stereocenters. The van der Waals surface area contributed by atoms with Crippen molar-refractivity contribution in [3.8, 4) is 5.75 Å². The van der Waals surface area contributed by atoms with Crippen LogP contribution in [0.1, 0.15) is 46.1 Å². The Balaban J connectivity index is 1.82. The van der Waals surface area contributed by atoms with E-state index in [1.54, 1.807) is 13.8 Å². The van der Waals surface area contributed by atoms with Crippen molar-refractivity contribution in [2.24, 2.45) is 11.7 Å². The summed E-state index contributed by atoms with van der Waals surface area (Å²) in [7, 11) is 0. The highest BCUT2D eigenvalue weighted by Crippen LogP contribution is 2.18. The summed E-state index contributed by atoms with van der Waals surface area (Å²) in [6.45, 7) is 5.61. The van der Waals surface area contributed by atoms with Crippen molar-refractivity contribution in [2.45, 2.75) is 77.2 Å². The number of carbonyl (C=O) groups excluding carboxylic acids is 6. The van der Waals surface area contributed by atoms with E-state index in [9.17, 15) is 43.8 Å². The summed E-state index contributed by atoms with van der Waals surface area (Å²) in [4.78, 5) is 88.1. The third-order valence-electron chi connectivity index (χ3n) is 7.10. The molecule has 1 aromatic carbocycles. The van der Waals surface area contributed by atoms with Crippen LogP contribution in [0.3, 0.4) is 0 Å². The first kappa shape index (κ1) is 36.5. The van der Waals surface area contributed by atoms with Gasteiger partial charge in [-0.2, -0.15) is 0 Å². The summed E-state index contributed by atoms with van der Waals surface area (Å²) < 4.78 is 0. The summed E-state index contributed by atoms with van der Waals surface area (Å²) >= 11 is 0. The minimum atomic E-state index is -1.30. The van der Waals surface area contributed by atoms with Crippen LogP contribution in [0.15, 0.2) is 24.3 Å². The van der Waals surface area contributed by atoms with Crippen molar-refractivity contribution in [3.05, 3.63) is 29.8 Å². The van der Waals surface area contributed by atoms with Crippen LogP contribution in [0.4, 0.5) is 0 Å². The third kappa shape index (κ3) is 11.4. The molecule has 0 aliphatic carbocycles. The van der Waals surface area contributed by atoms with Gasteiger partial charge in [0.05, 0.1) is 19.1 Å². The molecule has 45 heavy (non-hydrogen) atoms. The van der Waals surface area contributed by atoms with Crippen LogP contribution in [0.2, 0.25) is 0 Å². The van der Waals surface area contributed by atoms with Gasteiger partial charge in [0, 0.05) is 13.0 Å². The number of rotatable bonds is 15. The normalized spacial score (nSPS) is 16.9. The number of carboxylic acids is 1. The highest BCUT2D eigenvalue weighted by Gasteiger charge is 2.35. The molecule has 16 nitrogen and oxygen atoms in total. The van der Waals surface area contributed by atoms with Crippen molar-refractivity contribution in [3.63, 3.8) is 0 Å². The van der Waals surface area contributed by atoms with Gasteiger partial charge in [-0.3, -0.25) is 28.8 Å². The van der Waals surface area contributed by atoms with Gasteiger partial charge in [-0.25, -0.2) is 4.79 Å². The molecule has 1 saturated heterocycles. The lowest BCUT2D eigenvalue weighted by atomic mass is 10.0. The zero-order chi connectivity index (χ0) is 33.8. The number of amides is 6. The van der Waals surface area contributed by atoms with E-state index in [2.05, 4.69) is 26.6 Å². The Labute approximate surface area is 260 Å². The molecular weight excluding hydrogens is 590 g/mol. The van der Waals surface area contributed by atoms with Gasteiger partial charge in [-0.15, -0.1) is 0 Å². The van der Waals surface area contributed by atoms with Gasteiger partial charge in [0.15, 0.2) is 0 Å². The summed E-state index contributed by atoms with van der Waals surface area (Å²) in [6, 6.07) is 0.848. The van der Waals surface area contributed by atoms with Crippen molar-refractivity contribution < 1.29 is 43.8 Å². The number of carboxylic acid groups (broad SMARTS) is 1. The smallest absolute Gasteiger partial charge is 0.326 e. The van der Waals surface area contributed by atoms with E-state index in [-0.39, 0.29) is 18.1 Å². The Morgan fingerprint density at radius 1 is 0.889 bits per heavy atom. The molecule has 0 aromatic heterocycles. The molecule has 1 aliphatic heterocycles. The summed E-state index contributed by atoms with van der Waals surface area (Å²) in [5.74, 6) is -5.42. The van der Waals surface area contributed by atoms with Crippen LogP contribution in [-0.2, 0) is 40.0 Å². The highest BCUT2D eigenvalue weighted by molar-refractivity contribution is 5.95. The molecular formula is C29H43N7O9. The van der Waals surface area contributed by atoms with E-state index in [1.807, 2.05) is 0 Å². The first-order valence-electron chi connectivity index (χ1n) is 14.6. The maximum absolute atomic E-state index is 12.9. The summed E-state index contributed by atoms with van der Waals surface area (Å²) in [5, 5.41) is 31.1. The van der Waals surface area contributed by atoms with Crippen LogP contribution in [0.5, 0.6) is 5.75 Å². The lowest BCUT2D eigenvalue weighted by Crippen LogP contribution is -2.56. The Morgan fingerprint density at radius 3 is 2.07 bits per heavy atom. The molecule has 6 amide bonds. The molecule has 0 radical (unpaired) electrons. The van der Waals surface area contributed by atoms with Gasteiger partial charge in [-0.05, 0) is 50.3 Å². The number of carbonyl (C=O) groups is 7. The van der Waals surface area contributed by atoms with E-state index < -0.39 is 84.7 Å². The number of phenols is 1. The van der Waals surface area contributed by atoms with Crippen molar-refractivity contribution in [2.75, 3.05) is 19.6 Å².